The molecule has 0 N–H and O–H groups in total. The Morgan fingerprint density at radius 2 is 1.90 bits per heavy atom. The van der Waals surface area contributed by atoms with E-state index < -0.39 is 0 Å². The van der Waals surface area contributed by atoms with Crippen molar-refractivity contribution in [2.24, 2.45) is 0 Å². The van der Waals surface area contributed by atoms with Crippen molar-refractivity contribution in [3.63, 3.8) is 0 Å². The van der Waals surface area contributed by atoms with Crippen molar-refractivity contribution >= 4 is 16.9 Å². The Kier molecular flexibility index (Phi) is 6.89. The van der Waals surface area contributed by atoms with Gasteiger partial charge in [0.2, 0.25) is 0 Å². The molecule has 2 aromatic carbocycles. The molecule has 6 heteroatoms. The lowest BCUT2D eigenvalue weighted by atomic mass is 10.0. The fourth-order valence-corrected chi connectivity index (χ4v) is 4.28. The molecule has 1 unspecified atom stereocenters. The maximum Gasteiger partial charge on any atom is 0.307 e. The summed E-state index contributed by atoms with van der Waals surface area (Å²) in [5.74, 6) is -0.411. The number of hydrogen-bond donors (Lipinski definition) is 0. The molecule has 1 atom stereocenters. The van der Waals surface area contributed by atoms with E-state index in [0.717, 1.165) is 42.6 Å². The smallest absolute Gasteiger partial charge is 0.307 e. The van der Waals surface area contributed by atoms with Crippen molar-refractivity contribution < 1.29 is 13.9 Å². The second-order valence-corrected chi connectivity index (χ2v) is 7.99. The largest absolute Gasteiger partial charge is 0.466 e. The molecule has 1 fully saturated rings. The van der Waals surface area contributed by atoms with E-state index in [1.165, 1.54) is 17.7 Å². The van der Waals surface area contributed by atoms with Gasteiger partial charge in [0.05, 0.1) is 18.5 Å². The summed E-state index contributed by atoms with van der Waals surface area (Å²) in [5.41, 5.74) is 3.27. The van der Waals surface area contributed by atoms with Gasteiger partial charge in [-0.1, -0.05) is 36.4 Å². The summed E-state index contributed by atoms with van der Waals surface area (Å²) in [6.07, 6.45) is 2.18. The van der Waals surface area contributed by atoms with Crippen LogP contribution in [-0.2, 0) is 22.6 Å². The summed E-state index contributed by atoms with van der Waals surface area (Å²) < 4.78 is 18.5. The van der Waals surface area contributed by atoms with Gasteiger partial charge in [-0.25, -0.2) is 4.39 Å². The minimum Gasteiger partial charge on any atom is -0.466 e. The lowest BCUT2D eigenvalue weighted by Crippen LogP contribution is -2.53. The third kappa shape index (κ3) is 5.46. The van der Waals surface area contributed by atoms with Gasteiger partial charge in [0, 0.05) is 50.3 Å². The first-order valence-corrected chi connectivity index (χ1v) is 10.8. The van der Waals surface area contributed by atoms with Crippen LogP contribution in [0.3, 0.4) is 0 Å². The molecule has 5 nitrogen and oxygen atoms in total. The first kappa shape index (κ1) is 21.4. The normalized spacial score (nSPS) is 17.7. The second-order valence-electron chi connectivity index (χ2n) is 7.99. The molecule has 0 amide bonds. The number of fused-ring (bicyclic) bond motifs is 1. The lowest BCUT2D eigenvalue weighted by molar-refractivity contribution is -0.145. The van der Waals surface area contributed by atoms with Crippen molar-refractivity contribution in [3.05, 3.63) is 77.7 Å². The molecule has 1 aliphatic heterocycles. The SMILES string of the molecule is CCOC(=O)CC1CN(Cc2cccc3cccnc23)CCN1Cc1ccc(F)cc1. The zero-order valence-electron chi connectivity index (χ0n) is 17.8. The fraction of sp³-hybridized carbons (Fsp3) is 0.360. The van der Waals surface area contributed by atoms with Gasteiger partial charge in [-0.15, -0.1) is 0 Å². The van der Waals surface area contributed by atoms with E-state index in [1.54, 1.807) is 0 Å². The summed E-state index contributed by atoms with van der Waals surface area (Å²) in [6.45, 7) is 6.18. The third-order valence-corrected chi connectivity index (χ3v) is 5.81. The van der Waals surface area contributed by atoms with Crippen molar-refractivity contribution in [3.8, 4) is 0 Å². The maximum absolute atomic E-state index is 13.3. The van der Waals surface area contributed by atoms with E-state index in [1.807, 2.05) is 31.3 Å². The highest BCUT2D eigenvalue weighted by Gasteiger charge is 2.29. The Balaban J connectivity index is 1.49. The van der Waals surface area contributed by atoms with Gasteiger partial charge in [0.1, 0.15) is 5.82 Å². The standard InChI is InChI=1S/C25H28FN3O2/c1-2-31-24(30)15-23-18-28(13-14-29(23)16-19-8-10-22(26)11-9-19)17-21-6-3-5-20-7-4-12-27-25(20)21/h3-12,23H,2,13-18H2,1H3. The molecule has 0 radical (unpaired) electrons. The molecule has 0 aliphatic carbocycles. The lowest BCUT2D eigenvalue weighted by Gasteiger charge is -2.41. The summed E-state index contributed by atoms with van der Waals surface area (Å²) in [7, 11) is 0. The first-order valence-electron chi connectivity index (χ1n) is 10.8. The van der Waals surface area contributed by atoms with Crippen LogP contribution in [0.25, 0.3) is 10.9 Å². The fourth-order valence-electron chi connectivity index (χ4n) is 4.28. The Labute approximate surface area is 182 Å². The van der Waals surface area contributed by atoms with Crippen LogP contribution >= 0.6 is 0 Å². The van der Waals surface area contributed by atoms with E-state index in [-0.39, 0.29) is 17.8 Å². The summed E-state index contributed by atoms with van der Waals surface area (Å²) in [4.78, 5) is 21.5. The minimum absolute atomic E-state index is 0.0424. The number of carbonyl (C=O) groups excluding carboxylic acids is 1. The van der Waals surface area contributed by atoms with Crippen molar-refractivity contribution in [2.75, 3.05) is 26.2 Å². The number of rotatable bonds is 7. The van der Waals surface area contributed by atoms with E-state index >= 15 is 0 Å². The number of aromatic nitrogens is 1. The number of ether oxygens (including phenoxy) is 1. The molecule has 1 aliphatic rings. The molecule has 4 rings (SSSR count). The zero-order valence-corrected chi connectivity index (χ0v) is 17.8. The third-order valence-electron chi connectivity index (χ3n) is 5.81. The molecular weight excluding hydrogens is 393 g/mol. The van der Waals surface area contributed by atoms with Gasteiger partial charge in [-0.3, -0.25) is 19.6 Å². The number of piperazine rings is 1. The second kappa shape index (κ2) is 9.98. The van der Waals surface area contributed by atoms with Crippen LogP contribution in [0.4, 0.5) is 4.39 Å². The van der Waals surface area contributed by atoms with E-state index in [0.29, 0.717) is 19.6 Å². The average Bonchev–Trinajstić information content (AvgIpc) is 2.77. The molecule has 1 aromatic heterocycles. The Hall–Kier alpha value is -2.83. The first-order chi connectivity index (χ1) is 15.1. The minimum atomic E-state index is -0.236. The molecule has 0 spiro atoms. The average molecular weight is 422 g/mol. The van der Waals surface area contributed by atoms with Crippen LogP contribution in [0.2, 0.25) is 0 Å². The predicted molar refractivity (Wildman–Crippen MR) is 119 cm³/mol. The number of pyridine rings is 1. The topological polar surface area (TPSA) is 45.7 Å². The van der Waals surface area contributed by atoms with Crippen molar-refractivity contribution in [1.82, 2.24) is 14.8 Å². The highest BCUT2D eigenvalue weighted by Crippen LogP contribution is 2.22. The monoisotopic (exact) mass is 421 g/mol. The van der Waals surface area contributed by atoms with Gasteiger partial charge < -0.3 is 4.74 Å². The molecule has 31 heavy (non-hydrogen) atoms. The number of nitrogens with zero attached hydrogens (tertiary/aromatic N) is 3. The van der Waals surface area contributed by atoms with Crippen molar-refractivity contribution in [2.45, 2.75) is 32.5 Å². The van der Waals surface area contributed by atoms with Crippen LogP contribution in [0, 0.1) is 5.82 Å². The number of para-hydroxylation sites is 1. The summed E-state index contributed by atoms with van der Waals surface area (Å²) >= 11 is 0. The Bertz CT molecular complexity index is 1020. The van der Waals surface area contributed by atoms with Gasteiger partial charge in [-0.05, 0) is 36.2 Å². The molecule has 0 saturated carbocycles. The quantitative estimate of drug-likeness (QED) is 0.540. The highest BCUT2D eigenvalue weighted by molar-refractivity contribution is 5.81. The number of carbonyl (C=O) groups is 1. The van der Waals surface area contributed by atoms with Crippen LogP contribution in [0.5, 0.6) is 0 Å². The van der Waals surface area contributed by atoms with E-state index in [2.05, 4.69) is 39.0 Å². The summed E-state index contributed by atoms with van der Waals surface area (Å²) in [5, 5.41) is 1.14. The van der Waals surface area contributed by atoms with Gasteiger partial charge >= 0.3 is 5.97 Å². The molecule has 3 aromatic rings. The van der Waals surface area contributed by atoms with Crippen molar-refractivity contribution in [1.29, 1.82) is 0 Å². The van der Waals surface area contributed by atoms with Crippen LogP contribution in [0.15, 0.2) is 60.8 Å². The molecule has 162 valence electrons. The molecular formula is C25H28FN3O2. The predicted octanol–water partition coefficient (Wildman–Crippen LogP) is 4.01. The number of halogens is 1. The molecule has 0 bridgehead atoms. The molecule has 1 saturated heterocycles. The Morgan fingerprint density at radius 1 is 1.10 bits per heavy atom. The highest BCUT2D eigenvalue weighted by atomic mass is 19.1. The molecule has 2 heterocycles. The van der Waals surface area contributed by atoms with Crippen LogP contribution in [-0.4, -0.2) is 53.0 Å². The van der Waals surface area contributed by atoms with Gasteiger partial charge in [-0.2, -0.15) is 0 Å². The summed E-state index contributed by atoms with van der Waals surface area (Å²) in [6, 6.07) is 16.9. The van der Waals surface area contributed by atoms with E-state index in [4.69, 9.17) is 4.74 Å². The zero-order chi connectivity index (χ0) is 21.6. The number of esters is 1. The van der Waals surface area contributed by atoms with Gasteiger partial charge in [0.15, 0.2) is 0 Å². The van der Waals surface area contributed by atoms with Crippen LogP contribution < -0.4 is 0 Å². The number of benzene rings is 2. The Morgan fingerprint density at radius 3 is 2.71 bits per heavy atom. The number of hydrogen-bond acceptors (Lipinski definition) is 5. The van der Waals surface area contributed by atoms with Gasteiger partial charge in [0.25, 0.3) is 0 Å². The van der Waals surface area contributed by atoms with Crippen LogP contribution in [0.1, 0.15) is 24.5 Å². The maximum atomic E-state index is 13.3. The van der Waals surface area contributed by atoms with E-state index in [9.17, 15) is 9.18 Å².